The van der Waals surface area contributed by atoms with Gasteiger partial charge in [-0.25, -0.2) is 15.0 Å². The average molecular weight is 453 g/mol. The van der Waals surface area contributed by atoms with Gasteiger partial charge in [0.25, 0.3) is 10.1 Å². The number of ether oxygens (including phenoxy) is 1. The smallest absolute Gasteiger partial charge is 0.264 e. The maximum absolute atomic E-state index is 10.8. The number of nitrogens with one attached hydrogen (secondary N) is 1. The molecule has 10 nitrogen and oxygen atoms in total. The van der Waals surface area contributed by atoms with E-state index >= 15 is 0 Å². The predicted molar refractivity (Wildman–Crippen MR) is 119 cm³/mol. The van der Waals surface area contributed by atoms with Crippen molar-refractivity contribution in [1.29, 1.82) is 0 Å². The van der Waals surface area contributed by atoms with Gasteiger partial charge in [-0.2, -0.15) is 8.42 Å². The van der Waals surface area contributed by atoms with Gasteiger partial charge in [0.2, 0.25) is 5.95 Å². The fraction of sp³-hybridized carbons (Fsp3) is 0.750. The van der Waals surface area contributed by atoms with Crippen LogP contribution in [0.3, 0.4) is 0 Å². The molecule has 2 aliphatic carbocycles. The molecule has 31 heavy (non-hydrogen) atoms. The van der Waals surface area contributed by atoms with Gasteiger partial charge in [-0.15, -0.1) is 0 Å². The lowest BCUT2D eigenvalue weighted by Crippen LogP contribution is -2.33. The molecule has 2 saturated carbocycles. The van der Waals surface area contributed by atoms with Crippen LogP contribution in [0.25, 0.3) is 11.2 Å². The minimum absolute atomic E-state index is 0.163. The van der Waals surface area contributed by atoms with E-state index in [4.69, 9.17) is 14.3 Å². The van der Waals surface area contributed by atoms with Crippen LogP contribution in [0.2, 0.25) is 0 Å². The van der Waals surface area contributed by atoms with Crippen LogP contribution in [0, 0.1) is 11.8 Å². The van der Waals surface area contributed by atoms with Crippen LogP contribution in [-0.4, -0.2) is 70.1 Å². The van der Waals surface area contributed by atoms with Gasteiger partial charge in [0.1, 0.15) is 6.33 Å². The van der Waals surface area contributed by atoms with Crippen LogP contribution in [0.1, 0.15) is 39.5 Å². The molecule has 2 aromatic heterocycles. The zero-order valence-corrected chi connectivity index (χ0v) is 19.3. The maximum atomic E-state index is 10.8. The quantitative estimate of drug-likeness (QED) is 0.435. The van der Waals surface area contributed by atoms with Crippen molar-refractivity contribution in [3.05, 3.63) is 6.33 Å². The summed E-state index contributed by atoms with van der Waals surface area (Å²) in [5.74, 6) is 2.33. The summed E-state index contributed by atoms with van der Waals surface area (Å²) >= 11 is 0. The fourth-order valence-corrected chi connectivity index (χ4v) is 5.38. The van der Waals surface area contributed by atoms with Crippen molar-refractivity contribution in [2.24, 2.45) is 18.9 Å². The second-order valence-electron chi connectivity index (χ2n) is 9.10. The molecule has 0 aromatic carbocycles. The van der Waals surface area contributed by atoms with Gasteiger partial charge >= 0.3 is 0 Å². The number of fused-ring (bicyclic) bond motifs is 3. The summed E-state index contributed by atoms with van der Waals surface area (Å²) in [7, 11) is 0.0843. The third-order valence-corrected chi connectivity index (χ3v) is 7.52. The van der Waals surface area contributed by atoms with Crippen molar-refractivity contribution in [3.63, 3.8) is 0 Å². The Morgan fingerprint density at radius 1 is 1.29 bits per heavy atom. The first-order valence-corrected chi connectivity index (χ1v) is 12.5. The molecule has 2 aliphatic rings. The largest absolute Gasteiger partial charge is 0.378 e. The Kier molecular flexibility index (Phi) is 6.10. The van der Waals surface area contributed by atoms with Gasteiger partial charge in [-0.3, -0.25) is 9.12 Å². The van der Waals surface area contributed by atoms with E-state index in [1.165, 1.54) is 0 Å². The first-order valence-electron chi connectivity index (χ1n) is 10.9. The summed E-state index contributed by atoms with van der Waals surface area (Å²) in [4.78, 5) is 15.9. The zero-order valence-electron chi connectivity index (χ0n) is 18.5. The minimum Gasteiger partial charge on any atom is -0.378 e. The lowest BCUT2D eigenvalue weighted by Gasteiger charge is -2.29. The minimum atomic E-state index is -3.92. The molecule has 2 bridgehead atoms. The number of imidazole rings is 1. The standard InChI is InChI=1S/C20H32N6O4S/c1-12(2)25(3)20-24-17-18(21-11-22-19(17)26(20)4)23-15-9-14-8-13(15)10-16(14)30-6-5-7-31(27,28)29/h11-16H,5-10H2,1-4H3,(H,21,22,23)(H,27,28,29)/t13-,14-,15-,16-/m0/s1. The Balaban J connectivity index is 1.40. The van der Waals surface area contributed by atoms with Crippen molar-refractivity contribution < 1.29 is 17.7 Å². The van der Waals surface area contributed by atoms with E-state index in [0.717, 1.165) is 42.2 Å². The van der Waals surface area contributed by atoms with Gasteiger partial charge in [0.15, 0.2) is 17.0 Å². The number of aryl methyl sites for hydroxylation is 1. The lowest BCUT2D eigenvalue weighted by molar-refractivity contribution is 0.0154. The molecule has 0 saturated heterocycles. The number of nitrogens with zero attached hydrogens (tertiary/aromatic N) is 5. The first-order chi connectivity index (χ1) is 14.6. The summed E-state index contributed by atoms with van der Waals surface area (Å²) in [5.41, 5.74) is 1.59. The summed E-state index contributed by atoms with van der Waals surface area (Å²) < 4.78 is 38.4. The molecule has 2 heterocycles. The molecule has 0 aliphatic heterocycles. The van der Waals surface area contributed by atoms with Crippen molar-refractivity contribution in [3.8, 4) is 0 Å². The first kappa shape index (κ1) is 22.2. The normalized spacial score (nSPS) is 25.6. The highest BCUT2D eigenvalue weighted by Crippen LogP contribution is 2.47. The van der Waals surface area contributed by atoms with E-state index in [0.29, 0.717) is 36.9 Å². The van der Waals surface area contributed by atoms with Gasteiger partial charge in [-0.05, 0) is 51.4 Å². The molecule has 0 radical (unpaired) electrons. The Labute approximate surface area is 183 Å². The highest BCUT2D eigenvalue weighted by atomic mass is 32.2. The molecule has 11 heteroatoms. The van der Waals surface area contributed by atoms with Crippen molar-refractivity contribution in [2.45, 2.75) is 57.7 Å². The molecule has 2 aromatic rings. The molecule has 0 unspecified atom stereocenters. The van der Waals surface area contributed by atoms with Crippen LogP contribution in [0.15, 0.2) is 6.33 Å². The van der Waals surface area contributed by atoms with Gasteiger partial charge in [0.05, 0.1) is 11.9 Å². The third kappa shape index (κ3) is 4.63. The number of aromatic nitrogens is 4. The molecule has 4 atom stereocenters. The van der Waals surface area contributed by atoms with Crippen LogP contribution in [0.4, 0.5) is 11.8 Å². The SMILES string of the molecule is CC(C)N(C)c1nc2c(N[C@H]3C[C@@H]4C[C@H]3C[C@@H]4OCCCS(=O)(=O)O)ncnc2n1C. The van der Waals surface area contributed by atoms with E-state index in [-0.39, 0.29) is 11.9 Å². The molecule has 2 fully saturated rings. The van der Waals surface area contributed by atoms with Crippen LogP contribution >= 0.6 is 0 Å². The third-order valence-electron chi connectivity index (χ3n) is 6.72. The van der Waals surface area contributed by atoms with Crippen molar-refractivity contribution in [2.75, 3.05) is 29.6 Å². The second-order valence-corrected chi connectivity index (χ2v) is 10.7. The Morgan fingerprint density at radius 2 is 2.06 bits per heavy atom. The number of rotatable bonds is 9. The number of hydrogen-bond acceptors (Lipinski definition) is 8. The van der Waals surface area contributed by atoms with Gasteiger partial charge < -0.3 is 15.0 Å². The van der Waals surface area contributed by atoms with Gasteiger partial charge in [-0.1, -0.05) is 0 Å². The average Bonchev–Trinajstić information content (AvgIpc) is 3.37. The van der Waals surface area contributed by atoms with Crippen LogP contribution in [-0.2, 0) is 21.9 Å². The monoisotopic (exact) mass is 452 g/mol. The van der Waals surface area contributed by atoms with Gasteiger partial charge in [0, 0.05) is 32.8 Å². The predicted octanol–water partition coefficient (Wildman–Crippen LogP) is 2.08. The van der Waals surface area contributed by atoms with E-state index in [2.05, 4.69) is 34.0 Å². The Morgan fingerprint density at radius 3 is 2.71 bits per heavy atom. The second kappa shape index (κ2) is 8.51. The Bertz CT molecular complexity index is 1040. The summed E-state index contributed by atoms with van der Waals surface area (Å²) in [6, 6.07) is 0.633. The lowest BCUT2D eigenvalue weighted by atomic mass is 9.93. The topological polar surface area (TPSA) is 122 Å². The molecule has 0 spiro atoms. The van der Waals surface area contributed by atoms with E-state index in [9.17, 15) is 8.42 Å². The zero-order chi connectivity index (χ0) is 22.3. The molecule has 4 rings (SSSR count). The summed E-state index contributed by atoms with van der Waals surface area (Å²) in [6.45, 7) is 4.61. The molecular weight excluding hydrogens is 420 g/mol. The molecule has 2 N–H and O–H groups in total. The molecule has 0 amide bonds. The van der Waals surface area contributed by atoms with Crippen molar-refractivity contribution >= 4 is 33.0 Å². The van der Waals surface area contributed by atoms with E-state index in [1.807, 2.05) is 18.7 Å². The fourth-order valence-electron chi connectivity index (χ4n) is 4.90. The van der Waals surface area contributed by atoms with Crippen LogP contribution < -0.4 is 10.2 Å². The number of anilines is 2. The van der Waals surface area contributed by atoms with E-state index in [1.54, 1.807) is 6.33 Å². The highest BCUT2D eigenvalue weighted by molar-refractivity contribution is 7.85. The maximum Gasteiger partial charge on any atom is 0.264 e. The van der Waals surface area contributed by atoms with Crippen molar-refractivity contribution in [1.82, 2.24) is 19.5 Å². The van der Waals surface area contributed by atoms with E-state index < -0.39 is 10.1 Å². The summed E-state index contributed by atoms with van der Waals surface area (Å²) in [6.07, 6.45) is 5.10. The Hall–Kier alpha value is -1.98. The molecule has 172 valence electrons. The highest BCUT2D eigenvalue weighted by Gasteiger charge is 2.46. The van der Waals surface area contributed by atoms with Crippen LogP contribution in [0.5, 0.6) is 0 Å². The number of hydrogen-bond donors (Lipinski definition) is 2. The molecular formula is C20H32N6O4S. The summed E-state index contributed by atoms with van der Waals surface area (Å²) in [5, 5.41) is 3.62.